The quantitative estimate of drug-likeness (QED) is 0.846. The first kappa shape index (κ1) is 17.8. The number of aliphatic hydroxyl groups is 1. The number of hydrogen-bond donors (Lipinski definition) is 2. The van der Waals surface area contributed by atoms with Crippen LogP contribution in [0.4, 0.5) is 10.5 Å². The molecule has 1 aliphatic rings. The maximum absolute atomic E-state index is 12.3. The Morgan fingerprint density at radius 2 is 2.00 bits per heavy atom. The van der Waals surface area contributed by atoms with Gasteiger partial charge in [0.15, 0.2) is 0 Å². The highest BCUT2D eigenvalue weighted by molar-refractivity contribution is 5.89. The molecule has 5 nitrogen and oxygen atoms in total. The van der Waals surface area contributed by atoms with E-state index in [0.29, 0.717) is 19.8 Å². The largest absolute Gasteiger partial charge is 0.393 e. The Labute approximate surface area is 138 Å². The first-order valence-corrected chi connectivity index (χ1v) is 8.47. The van der Waals surface area contributed by atoms with Crippen molar-refractivity contribution in [3.05, 3.63) is 29.8 Å². The lowest BCUT2D eigenvalue weighted by molar-refractivity contribution is 0.0575. The van der Waals surface area contributed by atoms with Crippen molar-refractivity contribution in [1.29, 1.82) is 0 Å². The van der Waals surface area contributed by atoms with Gasteiger partial charge in [0.1, 0.15) is 0 Å². The van der Waals surface area contributed by atoms with Gasteiger partial charge in [-0.3, -0.25) is 0 Å². The highest BCUT2D eigenvalue weighted by Crippen LogP contribution is 2.25. The van der Waals surface area contributed by atoms with Crippen LogP contribution < -0.4 is 5.32 Å². The summed E-state index contributed by atoms with van der Waals surface area (Å²) in [6.07, 6.45) is 3.78. The Balaban J connectivity index is 1.82. The predicted molar refractivity (Wildman–Crippen MR) is 91.4 cm³/mol. The van der Waals surface area contributed by atoms with E-state index in [0.717, 1.165) is 36.9 Å². The maximum Gasteiger partial charge on any atom is 0.321 e. The lowest BCUT2D eigenvalue weighted by Crippen LogP contribution is -2.40. The molecule has 0 bridgehead atoms. The summed E-state index contributed by atoms with van der Waals surface area (Å²) >= 11 is 0. The number of hydrogen-bond acceptors (Lipinski definition) is 3. The van der Waals surface area contributed by atoms with Gasteiger partial charge in [-0.05, 0) is 37.5 Å². The van der Waals surface area contributed by atoms with Gasteiger partial charge in [-0.25, -0.2) is 4.79 Å². The molecule has 2 amide bonds. The molecule has 2 N–H and O–H groups in total. The Morgan fingerprint density at radius 3 is 2.65 bits per heavy atom. The summed E-state index contributed by atoms with van der Waals surface area (Å²) in [5, 5.41) is 12.9. The van der Waals surface area contributed by atoms with Crippen LogP contribution in [0.1, 0.15) is 38.2 Å². The molecule has 5 heteroatoms. The van der Waals surface area contributed by atoms with E-state index in [-0.39, 0.29) is 18.1 Å². The third kappa shape index (κ3) is 5.52. The van der Waals surface area contributed by atoms with Crippen LogP contribution >= 0.6 is 0 Å². The fraction of sp³-hybridized carbons (Fsp3) is 0.611. The van der Waals surface area contributed by atoms with Gasteiger partial charge in [0.25, 0.3) is 0 Å². The number of carbonyl (C=O) groups is 1. The molecule has 0 aromatic heterocycles. The molecule has 0 radical (unpaired) electrons. The van der Waals surface area contributed by atoms with Crippen LogP contribution in [0.3, 0.4) is 0 Å². The fourth-order valence-corrected chi connectivity index (χ4v) is 2.96. The van der Waals surface area contributed by atoms with Gasteiger partial charge < -0.3 is 20.1 Å². The first-order chi connectivity index (χ1) is 11.1. The topological polar surface area (TPSA) is 61.8 Å². The van der Waals surface area contributed by atoms with Crippen molar-refractivity contribution in [2.45, 2.75) is 45.3 Å². The highest BCUT2D eigenvalue weighted by atomic mass is 16.5. The molecule has 0 spiro atoms. The molecule has 1 aliphatic carbocycles. The number of anilines is 1. The minimum absolute atomic E-state index is 0.139. The van der Waals surface area contributed by atoms with Gasteiger partial charge in [-0.15, -0.1) is 0 Å². The van der Waals surface area contributed by atoms with E-state index in [1.165, 1.54) is 0 Å². The number of rotatable bonds is 6. The van der Waals surface area contributed by atoms with Gasteiger partial charge in [-0.1, -0.05) is 25.0 Å². The number of amides is 2. The number of urea groups is 1. The van der Waals surface area contributed by atoms with Crippen LogP contribution in [0, 0.1) is 5.92 Å². The summed E-state index contributed by atoms with van der Waals surface area (Å²) in [6, 6.07) is 7.54. The van der Waals surface area contributed by atoms with Crippen molar-refractivity contribution in [1.82, 2.24) is 4.90 Å². The van der Waals surface area contributed by atoms with Crippen LogP contribution in [0.5, 0.6) is 0 Å². The molecule has 1 aromatic carbocycles. The van der Waals surface area contributed by atoms with Crippen LogP contribution in [-0.4, -0.2) is 42.3 Å². The van der Waals surface area contributed by atoms with Gasteiger partial charge in [0.05, 0.1) is 12.7 Å². The summed E-state index contributed by atoms with van der Waals surface area (Å²) in [6.45, 7) is 3.84. The van der Waals surface area contributed by atoms with Gasteiger partial charge in [0.2, 0.25) is 0 Å². The van der Waals surface area contributed by atoms with Crippen LogP contribution in [-0.2, 0) is 11.3 Å². The molecule has 2 rings (SSSR count). The van der Waals surface area contributed by atoms with E-state index < -0.39 is 0 Å². The molecule has 0 saturated heterocycles. The van der Waals surface area contributed by atoms with Gasteiger partial charge in [-0.2, -0.15) is 0 Å². The number of benzene rings is 1. The molecule has 0 aliphatic heterocycles. The van der Waals surface area contributed by atoms with E-state index in [1.807, 2.05) is 31.2 Å². The second-order valence-corrected chi connectivity index (χ2v) is 6.26. The molecular formula is C18H28N2O3. The molecule has 1 fully saturated rings. The zero-order valence-electron chi connectivity index (χ0n) is 14.1. The second kappa shape index (κ2) is 8.89. The molecule has 128 valence electrons. The summed E-state index contributed by atoms with van der Waals surface area (Å²) in [5.41, 5.74) is 1.86. The van der Waals surface area contributed by atoms with Crippen molar-refractivity contribution >= 4 is 11.7 Å². The van der Waals surface area contributed by atoms with Gasteiger partial charge in [0, 0.05) is 31.8 Å². The Hall–Kier alpha value is -1.59. The van der Waals surface area contributed by atoms with Crippen molar-refractivity contribution in [2.24, 2.45) is 5.92 Å². The number of nitrogens with one attached hydrogen (secondary N) is 1. The monoisotopic (exact) mass is 320 g/mol. The average molecular weight is 320 g/mol. The zero-order valence-corrected chi connectivity index (χ0v) is 14.1. The zero-order chi connectivity index (χ0) is 16.7. The third-order valence-electron chi connectivity index (χ3n) is 4.40. The molecule has 1 saturated carbocycles. The maximum atomic E-state index is 12.3. The highest BCUT2D eigenvalue weighted by Gasteiger charge is 2.25. The minimum Gasteiger partial charge on any atom is -0.393 e. The SMILES string of the molecule is CCOCc1ccc(NC(=O)N(C)CC2CCCCC2O)cc1. The predicted octanol–water partition coefficient (Wildman–Crippen LogP) is 3.24. The van der Waals surface area contributed by atoms with Crippen LogP contribution in [0.15, 0.2) is 24.3 Å². The van der Waals surface area contributed by atoms with Crippen LogP contribution in [0.25, 0.3) is 0 Å². The molecule has 1 aromatic rings. The first-order valence-electron chi connectivity index (χ1n) is 8.47. The van der Waals surface area contributed by atoms with E-state index in [1.54, 1.807) is 11.9 Å². The van der Waals surface area contributed by atoms with Gasteiger partial charge >= 0.3 is 6.03 Å². The standard InChI is InChI=1S/C18H28N2O3/c1-3-23-13-14-8-10-16(11-9-14)19-18(22)20(2)12-15-6-4-5-7-17(15)21/h8-11,15,17,21H,3-7,12-13H2,1-2H3,(H,19,22). The fourth-order valence-electron chi connectivity index (χ4n) is 2.96. The smallest absolute Gasteiger partial charge is 0.321 e. The molecule has 23 heavy (non-hydrogen) atoms. The van der Waals surface area contributed by atoms with Crippen molar-refractivity contribution < 1.29 is 14.6 Å². The number of ether oxygens (including phenoxy) is 1. The summed E-state index contributed by atoms with van der Waals surface area (Å²) in [7, 11) is 1.78. The van der Waals surface area contributed by atoms with E-state index in [4.69, 9.17) is 4.74 Å². The minimum atomic E-state index is -0.281. The Bertz CT molecular complexity index is 490. The Kier molecular flexibility index (Phi) is 6.86. The van der Waals surface area contributed by atoms with Crippen molar-refractivity contribution in [3.63, 3.8) is 0 Å². The van der Waals surface area contributed by atoms with E-state index in [9.17, 15) is 9.90 Å². The average Bonchev–Trinajstić information content (AvgIpc) is 2.56. The molecule has 2 atom stereocenters. The normalized spacial score (nSPS) is 21.0. The summed E-state index contributed by atoms with van der Waals surface area (Å²) in [4.78, 5) is 13.9. The van der Waals surface area contributed by atoms with Crippen molar-refractivity contribution in [2.75, 3.05) is 25.5 Å². The van der Waals surface area contributed by atoms with E-state index in [2.05, 4.69) is 5.32 Å². The number of carbonyl (C=O) groups excluding carboxylic acids is 1. The lowest BCUT2D eigenvalue weighted by Gasteiger charge is -2.31. The molecular weight excluding hydrogens is 292 g/mol. The summed E-state index contributed by atoms with van der Waals surface area (Å²) in [5.74, 6) is 0.188. The number of aliphatic hydroxyl groups excluding tert-OH is 1. The summed E-state index contributed by atoms with van der Waals surface area (Å²) < 4.78 is 5.35. The second-order valence-electron chi connectivity index (χ2n) is 6.26. The number of nitrogens with zero attached hydrogens (tertiary/aromatic N) is 1. The van der Waals surface area contributed by atoms with Crippen molar-refractivity contribution in [3.8, 4) is 0 Å². The van der Waals surface area contributed by atoms with E-state index >= 15 is 0 Å². The van der Waals surface area contributed by atoms with Crippen LogP contribution in [0.2, 0.25) is 0 Å². The third-order valence-corrected chi connectivity index (χ3v) is 4.40. The Morgan fingerprint density at radius 1 is 1.30 bits per heavy atom. The molecule has 2 unspecified atom stereocenters. The molecule has 0 heterocycles. The lowest BCUT2D eigenvalue weighted by atomic mass is 9.86.